The molecule has 0 bridgehead atoms. The van der Waals surface area contributed by atoms with Gasteiger partial charge in [0, 0.05) is 13.0 Å². The summed E-state index contributed by atoms with van der Waals surface area (Å²) < 4.78 is 17.3. The Balaban J connectivity index is 2.27. The van der Waals surface area contributed by atoms with Crippen LogP contribution in [0.2, 0.25) is 0 Å². The zero-order chi connectivity index (χ0) is 36.0. The van der Waals surface area contributed by atoms with Crippen LogP contribution in [0.15, 0.2) is 0 Å². The number of rotatable bonds is 35. The quantitative estimate of drug-likeness (QED) is 0.0382. The summed E-state index contributed by atoms with van der Waals surface area (Å²) in [4.78, 5) is 12.7. The molecule has 7 atom stereocenters. The topological polar surface area (TPSA) is 126 Å². The van der Waals surface area contributed by atoms with Gasteiger partial charge in [0.05, 0.1) is 13.2 Å². The Bertz CT molecular complexity index is 722. The number of carbonyl (C=O) groups excluding carboxylic acids is 1. The van der Waals surface area contributed by atoms with Gasteiger partial charge in [0.1, 0.15) is 36.6 Å². The van der Waals surface area contributed by atoms with E-state index < -0.39 is 36.6 Å². The fourth-order valence-electron chi connectivity index (χ4n) is 6.86. The van der Waals surface area contributed by atoms with Crippen LogP contribution in [-0.2, 0) is 19.0 Å². The normalized spacial score (nSPS) is 22.1. The van der Waals surface area contributed by atoms with Crippen LogP contribution in [0.1, 0.15) is 194 Å². The minimum absolute atomic E-state index is 0.100. The van der Waals surface area contributed by atoms with Crippen molar-refractivity contribution >= 4 is 5.97 Å². The summed E-state index contributed by atoms with van der Waals surface area (Å²) in [5.41, 5.74) is 0. The van der Waals surface area contributed by atoms with E-state index in [9.17, 15) is 25.2 Å². The van der Waals surface area contributed by atoms with Crippen LogP contribution in [0.25, 0.3) is 0 Å². The fourth-order valence-corrected chi connectivity index (χ4v) is 6.86. The van der Waals surface area contributed by atoms with Gasteiger partial charge in [0.25, 0.3) is 0 Å². The number of hydrogen-bond acceptors (Lipinski definition) is 8. The fraction of sp³-hybridized carbons (Fsp3) is 0.976. The number of aliphatic hydroxyl groups is 4. The second-order valence-electron chi connectivity index (χ2n) is 15.2. The molecule has 1 aliphatic rings. The van der Waals surface area contributed by atoms with Crippen LogP contribution >= 0.6 is 0 Å². The Morgan fingerprint density at radius 3 is 1.39 bits per heavy atom. The van der Waals surface area contributed by atoms with Crippen molar-refractivity contribution in [2.75, 3.05) is 19.8 Å². The second-order valence-corrected chi connectivity index (χ2v) is 15.2. The summed E-state index contributed by atoms with van der Waals surface area (Å²) in [5, 5.41) is 40.2. The Labute approximate surface area is 301 Å². The molecule has 49 heavy (non-hydrogen) atoms. The summed E-state index contributed by atoms with van der Waals surface area (Å²) in [7, 11) is 0. The summed E-state index contributed by atoms with van der Waals surface area (Å²) in [6.07, 6.45) is 25.7. The Hall–Kier alpha value is -0.770. The van der Waals surface area contributed by atoms with E-state index in [0.29, 0.717) is 18.9 Å². The predicted octanol–water partition coefficient (Wildman–Crippen LogP) is 8.97. The van der Waals surface area contributed by atoms with Crippen molar-refractivity contribution in [3.8, 4) is 0 Å². The van der Waals surface area contributed by atoms with Crippen LogP contribution in [0.3, 0.4) is 0 Å². The number of aliphatic hydroxyl groups excluding tert-OH is 4. The molecule has 0 aromatic heterocycles. The minimum atomic E-state index is -1.49. The first-order valence-electron chi connectivity index (χ1n) is 20.9. The molecule has 1 fully saturated rings. The van der Waals surface area contributed by atoms with Gasteiger partial charge in [-0.2, -0.15) is 0 Å². The molecule has 8 nitrogen and oxygen atoms in total. The predicted molar refractivity (Wildman–Crippen MR) is 200 cm³/mol. The van der Waals surface area contributed by atoms with Crippen LogP contribution in [0.5, 0.6) is 0 Å². The lowest BCUT2D eigenvalue weighted by Crippen LogP contribution is -2.39. The molecule has 3 unspecified atom stereocenters. The largest absolute Gasteiger partial charge is 0.457 e. The highest BCUT2D eigenvalue weighted by molar-refractivity contribution is 5.69. The van der Waals surface area contributed by atoms with Crippen molar-refractivity contribution in [1.29, 1.82) is 0 Å². The van der Waals surface area contributed by atoms with Crippen LogP contribution in [0.4, 0.5) is 0 Å². The first-order valence-corrected chi connectivity index (χ1v) is 20.9. The highest BCUT2D eigenvalue weighted by atomic mass is 16.6. The van der Waals surface area contributed by atoms with Crippen LogP contribution in [0, 0.1) is 5.92 Å². The molecule has 0 aliphatic heterocycles. The van der Waals surface area contributed by atoms with Gasteiger partial charge in [-0.25, -0.2) is 0 Å². The first-order chi connectivity index (χ1) is 23.8. The molecule has 4 N–H and O–H groups in total. The summed E-state index contributed by atoms with van der Waals surface area (Å²) in [6.45, 7) is 7.38. The summed E-state index contributed by atoms with van der Waals surface area (Å²) >= 11 is 0. The average Bonchev–Trinajstić information content (AvgIpc) is 3.27. The van der Waals surface area contributed by atoms with Crippen molar-refractivity contribution in [3.63, 3.8) is 0 Å². The first kappa shape index (κ1) is 46.3. The second kappa shape index (κ2) is 31.9. The van der Waals surface area contributed by atoms with Gasteiger partial charge >= 0.3 is 5.97 Å². The molecule has 0 saturated heterocycles. The molecule has 292 valence electrons. The molecule has 1 aliphatic carbocycles. The molecule has 0 amide bonds. The van der Waals surface area contributed by atoms with Gasteiger partial charge < -0.3 is 34.6 Å². The molecule has 0 radical (unpaired) electrons. The molecular formula is C41H80O8. The standard InChI is InChI=1S/C41H80O8/c1-4-6-8-10-12-14-16-17-19-21-23-25-27-29-36(42)49-35(33-48-41-39(45)37(43)38(44)40(41)46)32-47-31-30-34(3)28-26-24-22-20-18-15-13-11-9-7-5-2/h34-35,37-41,43-46H,4-33H2,1-3H3/t34?,35?,37-,38+,39-,40+,41?. The zero-order valence-corrected chi connectivity index (χ0v) is 32.2. The average molecular weight is 701 g/mol. The number of carbonyl (C=O) groups is 1. The Morgan fingerprint density at radius 2 is 0.939 bits per heavy atom. The highest BCUT2D eigenvalue weighted by Crippen LogP contribution is 2.25. The number of hydrogen-bond donors (Lipinski definition) is 4. The van der Waals surface area contributed by atoms with E-state index >= 15 is 0 Å². The van der Waals surface area contributed by atoms with Gasteiger partial charge in [0.15, 0.2) is 0 Å². The minimum Gasteiger partial charge on any atom is -0.457 e. The van der Waals surface area contributed by atoms with Crippen molar-refractivity contribution in [1.82, 2.24) is 0 Å². The van der Waals surface area contributed by atoms with Crippen molar-refractivity contribution < 1.29 is 39.4 Å². The van der Waals surface area contributed by atoms with E-state index in [4.69, 9.17) is 14.2 Å². The third-order valence-electron chi connectivity index (χ3n) is 10.3. The highest BCUT2D eigenvalue weighted by Gasteiger charge is 2.49. The molecule has 1 saturated carbocycles. The zero-order valence-electron chi connectivity index (χ0n) is 32.2. The third kappa shape index (κ3) is 24.2. The Morgan fingerprint density at radius 1 is 0.531 bits per heavy atom. The number of unbranched alkanes of at least 4 members (excludes halogenated alkanes) is 22. The molecule has 0 aromatic rings. The summed E-state index contributed by atoms with van der Waals surface area (Å²) in [6, 6.07) is 0. The smallest absolute Gasteiger partial charge is 0.306 e. The molecular weight excluding hydrogens is 620 g/mol. The monoisotopic (exact) mass is 701 g/mol. The SMILES string of the molecule is CCCCCCCCCCCCCCCC(=O)OC(COCCC(C)CCCCCCCCCCCCC)COC1[C@@H](O)[C@@H](O)[C@@H](O)[C@H]1O. The lowest BCUT2D eigenvalue weighted by Gasteiger charge is -2.24. The van der Waals surface area contributed by atoms with E-state index in [0.717, 1.165) is 25.7 Å². The van der Waals surface area contributed by atoms with Gasteiger partial charge in [-0.1, -0.05) is 175 Å². The maximum Gasteiger partial charge on any atom is 0.306 e. The van der Waals surface area contributed by atoms with E-state index in [1.807, 2.05) is 0 Å². The maximum absolute atomic E-state index is 12.7. The van der Waals surface area contributed by atoms with E-state index in [-0.39, 0.29) is 19.2 Å². The Kier molecular flexibility index (Phi) is 30.1. The van der Waals surface area contributed by atoms with Gasteiger partial charge in [0.2, 0.25) is 0 Å². The lowest BCUT2D eigenvalue weighted by atomic mass is 9.99. The molecule has 1 rings (SSSR count). The van der Waals surface area contributed by atoms with E-state index in [2.05, 4.69) is 20.8 Å². The third-order valence-corrected chi connectivity index (χ3v) is 10.3. The number of ether oxygens (including phenoxy) is 3. The van der Waals surface area contributed by atoms with Crippen LogP contribution < -0.4 is 0 Å². The summed E-state index contributed by atoms with van der Waals surface area (Å²) in [5.74, 6) is 0.246. The molecule has 0 spiro atoms. The lowest BCUT2D eigenvalue weighted by molar-refractivity contribution is -0.163. The van der Waals surface area contributed by atoms with Crippen LogP contribution in [-0.4, -0.2) is 82.8 Å². The maximum atomic E-state index is 12.7. The molecule has 0 heterocycles. The van der Waals surface area contributed by atoms with E-state index in [1.165, 1.54) is 141 Å². The molecule has 0 aromatic carbocycles. The van der Waals surface area contributed by atoms with Crippen molar-refractivity contribution in [2.45, 2.75) is 231 Å². The molecule has 8 heteroatoms. The van der Waals surface area contributed by atoms with E-state index in [1.54, 1.807) is 0 Å². The van der Waals surface area contributed by atoms with Crippen molar-refractivity contribution in [3.05, 3.63) is 0 Å². The van der Waals surface area contributed by atoms with Gasteiger partial charge in [-0.15, -0.1) is 0 Å². The van der Waals surface area contributed by atoms with Gasteiger partial charge in [-0.3, -0.25) is 4.79 Å². The van der Waals surface area contributed by atoms with Gasteiger partial charge in [-0.05, 0) is 18.8 Å². The number of esters is 1. The van der Waals surface area contributed by atoms with Crippen molar-refractivity contribution in [2.24, 2.45) is 5.92 Å².